The molecule has 0 aliphatic heterocycles. The molecule has 1 amide bonds. The van der Waals surface area contributed by atoms with E-state index in [-0.39, 0.29) is 17.3 Å². The van der Waals surface area contributed by atoms with Crippen LogP contribution in [0.25, 0.3) is 11.0 Å². The lowest BCUT2D eigenvalue weighted by atomic mass is 10.1. The van der Waals surface area contributed by atoms with Crippen LogP contribution in [0.1, 0.15) is 18.1 Å². The van der Waals surface area contributed by atoms with Crippen LogP contribution in [-0.4, -0.2) is 31.8 Å². The number of halogens is 1. The monoisotopic (exact) mass is 493 g/mol. The quantitative estimate of drug-likeness (QED) is 0.156. The summed E-state index contributed by atoms with van der Waals surface area (Å²) in [5, 5.41) is 16.4. The molecule has 34 heavy (non-hydrogen) atoms. The normalized spacial score (nSPS) is 11.5. The van der Waals surface area contributed by atoms with E-state index in [4.69, 9.17) is 11.6 Å². The molecule has 3 aromatic carbocycles. The Kier molecular flexibility index (Phi) is 7.24. The van der Waals surface area contributed by atoms with Gasteiger partial charge in [-0.25, -0.2) is 10.4 Å². The van der Waals surface area contributed by atoms with E-state index >= 15 is 0 Å². The highest BCUT2D eigenvalue weighted by atomic mass is 35.5. The van der Waals surface area contributed by atoms with Crippen molar-refractivity contribution in [1.29, 1.82) is 0 Å². The van der Waals surface area contributed by atoms with Crippen molar-refractivity contribution in [3.8, 4) is 0 Å². The maximum Gasteiger partial charge on any atom is 0.270 e. The van der Waals surface area contributed by atoms with E-state index in [1.807, 2.05) is 48.5 Å². The number of nitrogens with one attached hydrogen (secondary N) is 1. The molecule has 0 atom stereocenters. The third-order valence-electron chi connectivity index (χ3n) is 5.03. The average molecular weight is 494 g/mol. The smallest absolute Gasteiger partial charge is 0.270 e. The summed E-state index contributed by atoms with van der Waals surface area (Å²) in [6, 6.07) is 21.5. The number of nitro groups is 1. The molecule has 0 spiro atoms. The fourth-order valence-electron chi connectivity index (χ4n) is 3.31. The Morgan fingerprint density at radius 1 is 1.15 bits per heavy atom. The topological polar surface area (TPSA) is 102 Å². The van der Waals surface area contributed by atoms with Crippen molar-refractivity contribution in [1.82, 2.24) is 15.0 Å². The minimum atomic E-state index is -0.470. The van der Waals surface area contributed by atoms with Gasteiger partial charge in [0.2, 0.25) is 0 Å². The van der Waals surface area contributed by atoms with Gasteiger partial charge in [-0.05, 0) is 36.8 Å². The van der Waals surface area contributed by atoms with Crippen molar-refractivity contribution in [2.24, 2.45) is 5.10 Å². The van der Waals surface area contributed by atoms with Crippen LogP contribution in [-0.2, 0) is 11.3 Å². The van der Waals surface area contributed by atoms with E-state index in [0.29, 0.717) is 28.0 Å². The molecule has 4 aromatic rings. The molecule has 1 N–H and O–H groups in total. The third kappa shape index (κ3) is 5.62. The fourth-order valence-corrected chi connectivity index (χ4v) is 4.24. The van der Waals surface area contributed by atoms with E-state index in [0.717, 1.165) is 16.6 Å². The van der Waals surface area contributed by atoms with Gasteiger partial charge in [0.1, 0.15) is 0 Å². The van der Waals surface area contributed by atoms with Crippen molar-refractivity contribution < 1.29 is 9.72 Å². The minimum Gasteiger partial charge on any atom is -0.314 e. The van der Waals surface area contributed by atoms with E-state index in [2.05, 4.69) is 20.1 Å². The van der Waals surface area contributed by atoms with Gasteiger partial charge in [0.15, 0.2) is 5.16 Å². The van der Waals surface area contributed by atoms with Gasteiger partial charge >= 0.3 is 0 Å². The summed E-state index contributed by atoms with van der Waals surface area (Å²) >= 11 is 7.32. The van der Waals surface area contributed by atoms with Crippen LogP contribution < -0.4 is 5.43 Å². The summed E-state index contributed by atoms with van der Waals surface area (Å²) in [7, 11) is 0. The van der Waals surface area contributed by atoms with Crippen LogP contribution in [0.15, 0.2) is 83.1 Å². The van der Waals surface area contributed by atoms with Gasteiger partial charge in [-0.2, -0.15) is 5.10 Å². The SMILES string of the molecule is CC(=NNC(=O)CSc1nc2ccccc2n1Cc1ccc(Cl)cc1)c1cccc([N+](=O)[O-])c1. The van der Waals surface area contributed by atoms with Gasteiger partial charge in [-0.15, -0.1) is 0 Å². The molecule has 172 valence electrons. The van der Waals surface area contributed by atoms with Gasteiger partial charge in [0, 0.05) is 22.7 Å². The van der Waals surface area contributed by atoms with Crippen molar-refractivity contribution in [3.63, 3.8) is 0 Å². The van der Waals surface area contributed by atoms with E-state index in [1.54, 1.807) is 19.1 Å². The summed E-state index contributed by atoms with van der Waals surface area (Å²) in [6.07, 6.45) is 0. The Morgan fingerprint density at radius 3 is 2.68 bits per heavy atom. The van der Waals surface area contributed by atoms with Gasteiger partial charge in [-0.1, -0.05) is 59.8 Å². The summed E-state index contributed by atoms with van der Waals surface area (Å²) in [6.45, 7) is 2.27. The number of carbonyl (C=O) groups is 1. The van der Waals surface area contributed by atoms with Gasteiger partial charge < -0.3 is 4.57 Å². The molecule has 1 aromatic heterocycles. The predicted octanol–water partition coefficient (Wildman–Crippen LogP) is 5.28. The highest BCUT2D eigenvalue weighted by molar-refractivity contribution is 7.99. The van der Waals surface area contributed by atoms with Crippen LogP contribution >= 0.6 is 23.4 Å². The second-order valence-electron chi connectivity index (χ2n) is 7.42. The number of benzene rings is 3. The van der Waals surface area contributed by atoms with Crippen LogP contribution in [0, 0.1) is 10.1 Å². The molecule has 4 rings (SSSR count). The second-order valence-corrected chi connectivity index (χ2v) is 8.80. The maximum atomic E-state index is 12.5. The molecule has 0 saturated heterocycles. The summed E-state index contributed by atoms with van der Waals surface area (Å²) in [5.74, 6) is -0.199. The number of para-hydroxylation sites is 2. The first-order chi connectivity index (χ1) is 16.4. The zero-order chi connectivity index (χ0) is 24.1. The van der Waals surface area contributed by atoms with Gasteiger partial charge in [0.05, 0.1) is 34.0 Å². The number of hydrogen-bond donors (Lipinski definition) is 1. The lowest BCUT2D eigenvalue weighted by Crippen LogP contribution is -2.21. The second kappa shape index (κ2) is 10.5. The van der Waals surface area contributed by atoms with E-state index in [1.165, 1.54) is 23.9 Å². The van der Waals surface area contributed by atoms with Crippen LogP contribution in [0.3, 0.4) is 0 Å². The van der Waals surface area contributed by atoms with Crippen molar-refractivity contribution in [2.45, 2.75) is 18.6 Å². The first-order valence-electron chi connectivity index (χ1n) is 10.3. The van der Waals surface area contributed by atoms with Gasteiger partial charge in [0.25, 0.3) is 11.6 Å². The first-order valence-corrected chi connectivity index (χ1v) is 11.7. The molecular weight excluding hydrogens is 474 g/mol. The van der Waals surface area contributed by atoms with Crippen molar-refractivity contribution in [2.75, 3.05) is 5.75 Å². The van der Waals surface area contributed by atoms with Crippen molar-refractivity contribution in [3.05, 3.63) is 99.1 Å². The number of carbonyl (C=O) groups excluding carboxylic acids is 1. The minimum absolute atomic E-state index is 0.0338. The Balaban J connectivity index is 1.46. The fraction of sp³-hybridized carbons (Fsp3) is 0.125. The molecule has 0 bridgehead atoms. The highest BCUT2D eigenvalue weighted by Gasteiger charge is 2.14. The predicted molar refractivity (Wildman–Crippen MR) is 134 cm³/mol. The number of nitro benzene ring substituents is 1. The molecule has 0 radical (unpaired) electrons. The lowest BCUT2D eigenvalue weighted by Gasteiger charge is -2.09. The van der Waals surface area contributed by atoms with Crippen molar-refractivity contribution >= 4 is 51.7 Å². The number of thioether (sulfide) groups is 1. The zero-order valence-corrected chi connectivity index (χ0v) is 19.7. The Bertz CT molecular complexity index is 1390. The molecule has 0 aliphatic rings. The standard InChI is InChI=1S/C24H20ClN5O3S/c1-16(18-5-4-6-20(13-18)30(32)33)27-28-23(31)15-34-24-26-21-7-2-3-8-22(21)29(24)14-17-9-11-19(25)12-10-17/h2-13H,14-15H2,1H3,(H,28,31). The average Bonchev–Trinajstić information content (AvgIpc) is 3.20. The number of amides is 1. The van der Waals surface area contributed by atoms with Crippen LogP contribution in [0.2, 0.25) is 5.02 Å². The number of hydrogen-bond acceptors (Lipinski definition) is 6. The summed E-state index contributed by atoms with van der Waals surface area (Å²) in [5.41, 5.74) is 6.40. The molecule has 8 nitrogen and oxygen atoms in total. The maximum absolute atomic E-state index is 12.5. The molecule has 0 unspecified atom stereocenters. The number of rotatable bonds is 8. The third-order valence-corrected chi connectivity index (χ3v) is 6.26. The molecule has 10 heteroatoms. The Hall–Kier alpha value is -3.69. The Morgan fingerprint density at radius 2 is 1.91 bits per heavy atom. The van der Waals surface area contributed by atoms with Gasteiger partial charge in [-0.3, -0.25) is 14.9 Å². The number of non-ortho nitro benzene ring substituents is 1. The number of hydrazone groups is 1. The first kappa shape index (κ1) is 23.5. The molecule has 0 saturated carbocycles. The number of nitrogens with zero attached hydrogens (tertiary/aromatic N) is 4. The molecular formula is C24H20ClN5O3S. The van der Waals surface area contributed by atoms with Crippen LogP contribution in [0.5, 0.6) is 0 Å². The molecule has 0 aliphatic carbocycles. The highest BCUT2D eigenvalue weighted by Crippen LogP contribution is 2.25. The summed E-state index contributed by atoms with van der Waals surface area (Å²) in [4.78, 5) is 27.6. The summed E-state index contributed by atoms with van der Waals surface area (Å²) < 4.78 is 2.06. The number of fused-ring (bicyclic) bond motifs is 1. The number of imidazole rings is 1. The largest absolute Gasteiger partial charge is 0.314 e. The lowest BCUT2D eigenvalue weighted by molar-refractivity contribution is -0.384. The Labute approximate surface area is 204 Å². The molecule has 0 fully saturated rings. The molecule has 1 heterocycles. The van der Waals surface area contributed by atoms with Crippen LogP contribution in [0.4, 0.5) is 5.69 Å². The number of aromatic nitrogens is 2. The zero-order valence-electron chi connectivity index (χ0n) is 18.1. The van der Waals surface area contributed by atoms with E-state index < -0.39 is 4.92 Å². The van der Waals surface area contributed by atoms with E-state index in [9.17, 15) is 14.9 Å².